The zero-order valence-corrected chi connectivity index (χ0v) is 11.2. The van der Waals surface area contributed by atoms with Gasteiger partial charge in [0.15, 0.2) is 5.82 Å². The summed E-state index contributed by atoms with van der Waals surface area (Å²) in [5.41, 5.74) is 0.711. The van der Waals surface area contributed by atoms with Gasteiger partial charge >= 0.3 is 0 Å². The Morgan fingerprint density at radius 3 is 2.90 bits per heavy atom. The van der Waals surface area contributed by atoms with Gasteiger partial charge in [0.05, 0.1) is 6.61 Å². The van der Waals surface area contributed by atoms with Gasteiger partial charge in [-0.1, -0.05) is 6.07 Å². The molecule has 1 N–H and O–H groups in total. The number of aromatic nitrogens is 7. The van der Waals surface area contributed by atoms with Crippen LogP contribution >= 0.6 is 0 Å². The summed E-state index contributed by atoms with van der Waals surface area (Å²) in [5, 5.41) is 14.8. The Bertz CT molecular complexity index is 731. The first-order valence-corrected chi connectivity index (χ1v) is 6.72. The highest BCUT2D eigenvalue weighted by atomic mass is 16.5. The van der Waals surface area contributed by atoms with Gasteiger partial charge in [-0.2, -0.15) is 5.10 Å². The lowest BCUT2D eigenvalue weighted by Crippen LogP contribution is -2.00. The molecule has 0 spiro atoms. The lowest BCUT2D eigenvalue weighted by molar-refractivity contribution is 0.193. The number of pyridine rings is 1. The molecule has 8 nitrogen and oxygen atoms in total. The highest BCUT2D eigenvalue weighted by Gasteiger charge is 2.22. The lowest BCUT2D eigenvalue weighted by atomic mass is 10.1. The SMILES string of the molecule is c1cc(-c2n[nH]c([C@H]3CCOC3)n2)nc(-n2cnnc2)c1. The number of hydrogen-bond acceptors (Lipinski definition) is 6. The standard InChI is InChI=1S/C13H13N7O/c1-2-10(16-11(3-1)20-7-14-15-8-20)13-17-12(18-19-13)9-4-5-21-6-9/h1-3,7-9H,4-6H2,(H,17,18,19)/t9-/m0/s1. The second kappa shape index (κ2) is 5.06. The molecule has 4 rings (SSSR count). The molecule has 0 unspecified atom stereocenters. The van der Waals surface area contributed by atoms with Crippen molar-refractivity contribution >= 4 is 0 Å². The third kappa shape index (κ3) is 2.29. The minimum atomic E-state index is 0.298. The van der Waals surface area contributed by atoms with E-state index in [1.54, 1.807) is 17.2 Å². The molecule has 0 amide bonds. The van der Waals surface area contributed by atoms with Gasteiger partial charge in [0.25, 0.3) is 0 Å². The van der Waals surface area contributed by atoms with E-state index in [1.165, 1.54) is 0 Å². The molecule has 0 aliphatic carbocycles. The second-order valence-electron chi connectivity index (χ2n) is 4.85. The van der Waals surface area contributed by atoms with E-state index in [1.807, 2.05) is 18.2 Å². The van der Waals surface area contributed by atoms with Gasteiger partial charge in [-0.15, -0.1) is 10.2 Å². The molecule has 1 aliphatic heterocycles. The van der Waals surface area contributed by atoms with Crippen molar-refractivity contribution in [1.82, 2.24) is 34.9 Å². The molecule has 0 bridgehead atoms. The molecule has 4 heterocycles. The van der Waals surface area contributed by atoms with Crippen LogP contribution < -0.4 is 0 Å². The van der Waals surface area contributed by atoms with E-state index in [9.17, 15) is 0 Å². The highest BCUT2D eigenvalue weighted by Crippen LogP contribution is 2.23. The maximum Gasteiger partial charge on any atom is 0.199 e. The van der Waals surface area contributed by atoms with E-state index in [-0.39, 0.29) is 0 Å². The van der Waals surface area contributed by atoms with E-state index in [4.69, 9.17) is 4.74 Å². The Hall–Kier alpha value is -2.61. The fourth-order valence-electron chi connectivity index (χ4n) is 2.33. The van der Waals surface area contributed by atoms with E-state index in [0.717, 1.165) is 24.7 Å². The van der Waals surface area contributed by atoms with E-state index in [0.29, 0.717) is 24.0 Å². The summed E-state index contributed by atoms with van der Waals surface area (Å²) in [4.78, 5) is 9.07. The zero-order valence-electron chi connectivity index (χ0n) is 11.2. The molecule has 3 aromatic heterocycles. The Morgan fingerprint density at radius 2 is 2.10 bits per heavy atom. The lowest BCUT2D eigenvalue weighted by Gasteiger charge is -2.02. The van der Waals surface area contributed by atoms with Crippen molar-refractivity contribution in [2.24, 2.45) is 0 Å². The Labute approximate surface area is 120 Å². The van der Waals surface area contributed by atoms with Crippen LogP contribution in [0.3, 0.4) is 0 Å². The number of nitrogens with zero attached hydrogens (tertiary/aromatic N) is 6. The molecule has 0 radical (unpaired) electrons. The van der Waals surface area contributed by atoms with Crippen LogP contribution in [0.15, 0.2) is 30.9 Å². The number of ether oxygens (including phenoxy) is 1. The van der Waals surface area contributed by atoms with Crippen LogP contribution in [-0.2, 0) is 4.74 Å². The van der Waals surface area contributed by atoms with Gasteiger partial charge in [-0.3, -0.25) is 9.67 Å². The predicted octanol–water partition coefficient (Wildman–Crippen LogP) is 0.951. The molecule has 1 aliphatic rings. The zero-order chi connectivity index (χ0) is 14.1. The van der Waals surface area contributed by atoms with Gasteiger partial charge in [0.1, 0.15) is 30.0 Å². The van der Waals surface area contributed by atoms with Crippen LogP contribution in [0.2, 0.25) is 0 Å². The van der Waals surface area contributed by atoms with Crippen LogP contribution in [0, 0.1) is 0 Å². The van der Waals surface area contributed by atoms with Crippen LogP contribution in [0.4, 0.5) is 0 Å². The summed E-state index contributed by atoms with van der Waals surface area (Å²) in [6.45, 7) is 1.48. The summed E-state index contributed by atoms with van der Waals surface area (Å²) in [5.74, 6) is 2.48. The maximum absolute atomic E-state index is 5.37. The van der Waals surface area contributed by atoms with E-state index < -0.39 is 0 Å². The Balaban J connectivity index is 1.65. The van der Waals surface area contributed by atoms with Gasteiger partial charge in [0, 0.05) is 12.5 Å². The smallest absolute Gasteiger partial charge is 0.199 e. The monoisotopic (exact) mass is 283 g/mol. The van der Waals surface area contributed by atoms with Crippen LogP contribution in [0.25, 0.3) is 17.3 Å². The summed E-state index contributed by atoms with van der Waals surface area (Å²) in [7, 11) is 0. The topological polar surface area (TPSA) is 94.4 Å². The van der Waals surface area contributed by atoms with Gasteiger partial charge < -0.3 is 4.74 Å². The van der Waals surface area contributed by atoms with Gasteiger partial charge in [0.2, 0.25) is 0 Å². The maximum atomic E-state index is 5.37. The van der Waals surface area contributed by atoms with Crippen molar-refractivity contribution in [3.05, 3.63) is 36.7 Å². The summed E-state index contributed by atoms with van der Waals surface area (Å²) in [6.07, 6.45) is 4.18. The Kier molecular flexibility index (Phi) is 2.93. The molecule has 0 aromatic carbocycles. The van der Waals surface area contributed by atoms with E-state index >= 15 is 0 Å². The fourth-order valence-corrected chi connectivity index (χ4v) is 2.33. The molecule has 106 valence electrons. The first kappa shape index (κ1) is 12.2. The van der Waals surface area contributed by atoms with Gasteiger partial charge in [-0.05, 0) is 18.6 Å². The number of nitrogens with one attached hydrogen (secondary N) is 1. The van der Waals surface area contributed by atoms with Gasteiger partial charge in [-0.25, -0.2) is 9.97 Å². The summed E-state index contributed by atoms with van der Waals surface area (Å²) < 4.78 is 7.11. The molecule has 21 heavy (non-hydrogen) atoms. The molecular formula is C13H13N7O. The van der Waals surface area contributed by atoms with Crippen molar-refractivity contribution in [3.63, 3.8) is 0 Å². The quantitative estimate of drug-likeness (QED) is 0.769. The van der Waals surface area contributed by atoms with Crippen LogP contribution in [0.1, 0.15) is 18.2 Å². The number of rotatable bonds is 3. The third-order valence-electron chi connectivity index (χ3n) is 3.47. The number of hydrogen-bond donors (Lipinski definition) is 1. The molecule has 1 saturated heterocycles. The van der Waals surface area contributed by atoms with Crippen molar-refractivity contribution < 1.29 is 4.74 Å². The summed E-state index contributed by atoms with van der Waals surface area (Å²) >= 11 is 0. The number of aromatic amines is 1. The molecule has 1 fully saturated rings. The molecule has 8 heteroatoms. The average molecular weight is 283 g/mol. The Morgan fingerprint density at radius 1 is 1.19 bits per heavy atom. The summed E-state index contributed by atoms with van der Waals surface area (Å²) in [6, 6.07) is 5.67. The normalized spacial score (nSPS) is 18.2. The molecular weight excluding hydrogens is 270 g/mol. The second-order valence-corrected chi connectivity index (χ2v) is 4.85. The third-order valence-corrected chi connectivity index (χ3v) is 3.47. The molecule has 1 atom stereocenters. The van der Waals surface area contributed by atoms with Crippen molar-refractivity contribution in [1.29, 1.82) is 0 Å². The van der Waals surface area contributed by atoms with Crippen LogP contribution in [0.5, 0.6) is 0 Å². The fraction of sp³-hybridized carbons (Fsp3) is 0.308. The largest absolute Gasteiger partial charge is 0.381 e. The molecule has 3 aromatic rings. The van der Waals surface area contributed by atoms with Crippen LogP contribution in [-0.4, -0.2) is 48.1 Å². The first-order valence-electron chi connectivity index (χ1n) is 6.72. The molecule has 0 saturated carbocycles. The van der Waals surface area contributed by atoms with Crippen molar-refractivity contribution in [2.75, 3.05) is 13.2 Å². The first-order chi connectivity index (χ1) is 10.4. The minimum Gasteiger partial charge on any atom is -0.381 e. The highest BCUT2D eigenvalue weighted by molar-refractivity contribution is 5.50. The van der Waals surface area contributed by atoms with Crippen molar-refractivity contribution in [3.8, 4) is 17.3 Å². The predicted molar refractivity (Wildman–Crippen MR) is 72.7 cm³/mol. The average Bonchev–Trinajstić information content (AvgIpc) is 3.26. The van der Waals surface area contributed by atoms with E-state index in [2.05, 4.69) is 30.4 Å². The number of H-pyrrole nitrogens is 1. The minimum absolute atomic E-state index is 0.298. The van der Waals surface area contributed by atoms with Crippen molar-refractivity contribution in [2.45, 2.75) is 12.3 Å².